The molecule has 19 heteroatoms. The molecule has 516 valence electrons. The Bertz CT molecular complexity index is 1690. The molecule has 0 fully saturated rings. The van der Waals surface area contributed by atoms with Crippen LogP contribution >= 0.6 is 15.6 Å². The maximum Gasteiger partial charge on any atom is 0.472 e. The Labute approximate surface area is 530 Å². The van der Waals surface area contributed by atoms with Gasteiger partial charge in [-0.15, -0.1) is 0 Å². The van der Waals surface area contributed by atoms with Crippen LogP contribution in [0.3, 0.4) is 0 Å². The molecule has 0 aromatic heterocycles. The van der Waals surface area contributed by atoms with Crippen LogP contribution in [0.1, 0.15) is 349 Å². The molecule has 0 radical (unpaired) electrons. The largest absolute Gasteiger partial charge is 0.472 e. The van der Waals surface area contributed by atoms with E-state index in [0.717, 1.165) is 109 Å². The normalized spacial score (nSPS) is 14.1. The van der Waals surface area contributed by atoms with Crippen molar-refractivity contribution in [2.24, 2.45) is 5.92 Å². The van der Waals surface area contributed by atoms with Crippen LogP contribution in [0, 0.1) is 5.92 Å². The monoisotopic (exact) mass is 1280 g/mol. The first-order valence-electron chi connectivity index (χ1n) is 35.6. The molecule has 0 saturated carbocycles. The van der Waals surface area contributed by atoms with E-state index in [1.54, 1.807) is 0 Å². The van der Waals surface area contributed by atoms with Gasteiger partial charge in [-0.25, -0.2) is 9.13 Å². The maximum atomic E-state index is 13.0. The van der Waals surface area contributed by atoms with Gasteiger partial charge >= 0.3 is 39.5 Å². The molecule has 0 aliphatic heterocycles. The highest BCUT2D eigenvalue weighted by atomic mass is 31.2. The topological polar surface area (TPSA) is 237 Å². The molecule has 3 N–H and O–H groups in total. The summed E-state index contributed by atoms with van der Waals surface area (Å²) in [6, 6.07) is 0. The van der Waals surface area contributed by atoms with E-state index in [0.29, 0.717) is 25.7 Å². The van der Waals surface area contributed by atoms with E-state index in [1.165, 1.54) is 161 Å². The minimum Gasteiger partial charge on any atom is -0.462 e. The van der Waals surface area contributed by atoms with E-state index in [-0.39, 0.29) is 25.7 Å². The lowest BCUT2D eigenvalue weighted by molar-refractivity contribution is -0.161. The molecular weight excluding hydrogens is 1150 g/mol. The molecule has 0 aromatic rings. The van der Waals surface area contributed by atoms with Gasteiger partial charge in [0, 0.05) is 25.7 Å². The fourth-order valence-electron chi connectivity index (χ4n) is 10.3. The number of hydrogen-bond acceptors (Lipinski definition) is 15. The van der Waals surface area contributed by atoms with Gasteiger partial charge in [0.05, 0.1) is 26.4 Å². The zero-order valence-corrected chi connectivity index (χ0v) is 57.9. The Kier molecular flexibility index (Phi) is 60.2. The van der Waals surface area contributed by atoms with Crippen molar-refractivity contribution >= 4 is 39.5 Å². The van der Waals surface area contributed by atoms with Crippen molar-refractivity contribution in [2.75, 3.05) is 39.6 Å². The van der Waals surface area contributed by atoms with Crippen LogP contribution in [0.2, 0.25) is 0 Å². The highest BCUT2D eigenvalue weighted by Gasteiger charge is 2.30. The number of ether oxygens (including phenoxy) is 4. The molecule has 0 spiro atoms. The number of aliphatic hydroxyl groups excluding tert-OH is 1. The number of carbonyl (C=O) groups is 4. The molecule has 0 amide bonds. The number of unbranched alkanes of at least 4 members (excludes halogenated alkanes) is 40. The highest BCUT2D eigenvalue weighted by molar-refractivity contribution is 7.47. The van der Waals surface area contributed by atoms with E-state index in [9.17, 15) is 43.2 Å². The lowest BCUT2D eigenvalue weighted by Gasteiger charge is -2.21. The van der Waals surface area contributed by atoms with Gasteiger partial charge < -0.3 is 33.8 Å². The zero-order valence-electron chi connectivity index (χ0n) is 56.2. The summed E-state index contributed by atoms with van der Waals surface area (Å²) in [5.41, 5.74) is 0. The van der Waals surface area contributed by atoms with Gasteiger partial charge in [0.1, 0.15) is 19.3 Å². The Morgan fingerprint density at radius 2 is 0.529 bits per heavy atom. The fraction of sp³-hybridized carbons (Fsp3) is 0.941. The summed E-state index contributed by atoms with van der Waals surface area (Å²) in [7, 11) is -9.89. The van der Waals surface area contributed by atoms with Gasteiger partial charge in [-0.2, -0.15) is 0 Å². The second-order valence-corrected chi connectivity index (χ2v) is 27.9. The molecule has 0 saturated heterocycles. The quantitative estimate of drug-likeness (QED) is 0.0222. The number of rotatable bonds is 68. The first kappa shape index (κ1) is 85.1. The van der Waals surface area contributed by atoms with Crippen molar-refractivity contribution < 1.29 is 80.2 Å². The molecule has 0 heterocycles. The SMILES string of the molecule is CCCCCCCCCCCCCCCC(=O)OC[C@H](COP(=O)(O)OC[C@@H](O)COP(=O)(O)OC[C@@H](COC(=O)CCCCCCCCC)OC(=O)CCCCCCCCCCCCCC)OC(=O)CCCCCCCCCCCCCCC(C)C. The highest BCUT2D eigenvalue weighted by Crippen LogP contribution is 2.45. The van der Waals surface area contributed by atoms with Crippen molar-refractivity contribution in [1.29, 1.82) is 0 Å². The number of carbonyl (C=O) groups excluding carboxylic acids is 4. The van der Waals surface area contributed by atoms with E-state index < -0.39 is 97.5 Å². The van der Waals surface area contributed by atoms with E-state index in [2.05, 4.69) is 34.6 Å². The number of aliphatic hydroxyl groups is 1. The summed E-state index contributed by atoms with van der Waals surface area (Å²) in [6.45, 7) is 7.21. The van der Waals surface area contributed by atoms with Crippen LogP contribution in [0.15, 0.2) is 0 Å². The fourth-order valence-corrected chi connectivity index (χ4v) is 11.9. The average Bonchev–Trinajstić information content (AvgIpc) is 3.62. The minimum absolute atomic E-state index is 0.107. The number of phosphoric acid groups is 2. The lowest BCUT2D eigenvalue weighted by atomic mass is 10.0. The third kappa shape index (κ3) is 62.6. The smallest absolute Gasteiger partial charge is 0.462 e. The Hall–Kier alpha value is -1.94. The summed E-state index contributed by atoms with van der Waals surface area (Å²) >= 11 is 0. The van der Waals surface area contributed by atoms with Crippen molar-refractivity contribution in [2.45, 2.75) is 368 Å². The molecular formula is C68H132O17P2. The molecule has 2 unspecified atom stereocenters. The van der Waals surface area contributed by atoms with Crippen molar-refractivity contribution in [3.63, 3.8) is 0 Å². The van der Waals surface area contributed by atoms with Crippen molar-refractivity contribution in [3.8, 4) is 0 Å². The summed E-state index contributed by atoms with van der Waals surface area (Å²) in [6.07, 6.45) is 47.1. The van der Waals surface area contributed by atoms with Crippen LogP contribution in [0.25, 0.3) is 0 Å². The zero-order chi connectivity index (χ0) is 64.2. The Morgan fingerprint density at radius 1 is 0.310 bits per heavy atom. The van der Waals surface area contributed by atoms with Crippen LogP contribution < -0.4 is 0 Å². The van der Waals surface area contributed by atoms with Crippen LogP contribution in [-0.2, 0) is 65.4 Å². The predicted molar refractivity (Wildman–Crippen MR) is 349 cm³/mol. The van der Waals surface area contributed by atoms with Crippen LogP contribution in [-0.4, -0.2) is 96.7 Å². The van der Waals surface area contributed by atoms with E-state index in [4.69, 9.17) is 37.0 Å². The lowest BCUT2D eigenvalue weighted by Crippen LogP contribution is -2.30. The molecule has 17 nitrogen and oxygen atoms in total. The molecule has 87 heavy (non-hydrogen) atoms. The van der Waals surface area contributed by atoms with Gasteiger partial charge in [0.2, 0.25) is 0 Å². The van der Waals surface area contributed by atoms with Crippen molar-refractivity contribution in [1.82, 2.24) is 0 Å². The van der Waals surface area contributed by atoms with E-state index >= 15 is 0 Å². The van der Waals surface area contributed by atoms with Crippen LogP contribution in [0.4, 0.5) is 0 Å². The molecule has 0 bridgehead atoms. The van der Waals surface area contributed by atoms with Crippen LogP contribution in [0.5, 0.6) is 0 Å². The summed E-state index contributed by atoms with van der Waals surface area (Å²) in [4.78, 5) is 72.3. The summed E-state index contributed by atoms with van der Waals surface area (Å²) < 4.78 is 68.1. The number of esters is 4. The molecule has 0 aromatic carbocycles. The summed E-state index contributed by atoms with van der Waals surface area (Å²) in [5.74, 6) is -1.35. The third-order valence-corrected chi connectivity index (χ3v) is 17.7. The first-order chi connectivity index (χ1) is 42.0. The first-order valence-corrected chi connectivity index (χ1v) is 38.6. The Balaban J connectivity index is 5.21. The standard InChI is InChI=1S/C68H132O17P2/c1-6-9-12-15-18-20-22-24-29-32-37-42-47-52-66(71)79-58-64(85-68(73)54-49-44-39-34-30-26-25-27-31-36-40-45-50-61(4)5)60-83-87(76,77)81-56-62(69)55-80-86(74,75)82-59-63(57-78-65(70)51-46-41-35-17-14-11-8-3)84-67(72)53-48-43-38-33-28-23-21-19-16-13-10-7-2/h61-64,69H,6-60H2,1-5H3,(H,74,75)(H,76,77)/t62-,63+,64+/m0/s1. The Morgan fingerprint density at radius 3 is 0.782 bits per heavy atom. The van der Waals surface area contributed by atoms with Gasteiger partial charge in [-0.3, -0.25) is 37.3 Å². The second-order valence-electron chi connectivity index (χ2n) is 25.0. The van der Waals surface area contributed by atoms with Gasteiger partial charge in [-0.05, 0) is 31.6 Å². The molecule has 5 atom stereocenters. The molecule has 0 rings (SSSR count). The third-order valence-electron chi connectivity index (χ3n) is 15.8. The molecule has 0 aliphatic carbocycles. The average molecular weight is 1280 g/mol. The number of hydrogen-bond donors (Lipinski definition) is 3. The van der Waals surface area contributed by atoms with Crippen molar-refractivity contribution in [3.05, 3.63) is 0 Å². The maximum absolute atomic E-state index is 13.0. The minimum atomic E-state index is -4.95. The summed E-state index contributed by atoms with van der Waals surface area (Å²) in [5, 5.41) is 10.6. The van der Waals surface area contributed by atoms with Gasteiger partial charge in [-0.1, -0.05) is 298 Å². The molecule has 0 aliphatic rings. The van der Waals surface area contributed by atoms with Gasteiger partial charge in [0.25, 0.3) is 0 Å². The predicted octanol–water partition coefficient (Wildman–Crippen LogP) is 19.4. The van der Waals surface area contributed by atoms with Gasteiger partial charge in [0.15, 0.2) is 12.2 Å². The van der Waals surface area contributed by atoms with E-state index in [1.807, 2.05) is 0 Å². The number of phosphoric ester groups is 2. The second kappa shape index (κ2) is 61.6.